The normalized spacial score (nSPS) is 13.8. The Labute approximate surface area is 837 Å². The quantitative estimate of drug-likeness (QED) is 0.0490. The van der Waals surface area contributed by atoms with Crippen LogP contribution in [0.2, 0.25) is 0 Å². The molecule has 17 aromatic heterocycles. The van der Waals surface area contributed by atoms with E-state index in [9.17, 15) is 13.6 Å². The van der Waals surface area contributed by atoms with E-state index in [1.54, 1.807) is 104 Å². The Morgan fingerprint density at radius 3 is 1.29 bits per heavy atom. The van der Waals surface area contributed by atoms with Gasteiger partial charge >= 0.3 is 6.09 Å². The number of terminal acetylenes is 1. The highest BCUT2D eigenvalue weighted by atomic mass is 32.1. The van der Waals surface area contributed by atoms with Crippen LogP contribution in [-0.2, 0) is 58.6 Å². The third-order valence-corrected chi connectivity index (χ3v) is 32.8. The number of fused-ring (bicyclic) bond motifs is 18. The third-order valence-electron chi connectivity index (χ3n) is 25.2. The van der Waals surface area contributed by atoms with Crippen LogP contribution in [0.1, 0.15) is 175 Å². The zero-order valence-electron chi connectivity index (χ0n) is 82.1. The van der Waals surface area contributed by atoms with E-state index in [4.69, 9.17) is 21.1 Å². The Morgan fingerprint density at radius 1 is 0.464 bits per heavy atom. The number of carbonyl (C=O) groups is 1. The molecule has 24 rings (SSSR count). The van der Waals surface area contributed by atoms with Gasteiger partial charge in [-0.25, -0.2) is 48.5 Å². The van der Waals surface area contributed by atoms with E-state index in [1.165, 1.54) is 144 Å². The Balaban J connectivity index is 0.000000107. The van der Waals surface area contributed by atoms with Crippen molar-refractivity contribution in [2.45, 2.75) is 188 Å². The molecule has 20 heterocycles. The van der Waals surface area contributed by atoms with Gasteiger partial charge in [-0.15, -0.1) is 90.9 Å². The molecule has 5 aliphatic rings. The fraction of sp³-hybridized carbons (Fsp3) is 0.343. The van der Waals surface area contributed by atoms with Crippen molar-refractivity contribution in [3.8, 4) is 12.3 Å². The first-order valence-corrected chi connectivity index (χ1v) is 52.6. The second kappa shape index (κ2) is 39.3. The molecule has 0 atom stereocenters. The second-order valence-corrected chi connectivity index (χ2v) is 44.6. The molecule has 2 fully saturated rings. The summed E-state index contributed by atoms with van der Waals surface area (Å²) in [5.74, 6) is 8.95. The van der Waals surface area contributed by atoms with Gasteiger partial charge in [0.1, 0.15) is 68.1 Å². The zero-order valence-corrected chi connectivity index (χ0v) is 87.8. The molecule has 718 valence electrons. The van der Waals surface area contributed by atoms with E-state index in [0.29, 0.717) is 42.2 Å². The number of hydrogen-bond acceptors (Lipinski definition) is 29. The number of anilines is 4. The van der Waals surface area contributed by atoms with Gasteiger partial charge < -0.3 is 36.6 Å². The summed E-state index contributed by atoms with van der Waals surface area (Å²) in [4.78, 5) is 68.7. The highest BCUT2D eigenvalue weighted by Crippen LogP contribution is 2.46. The molecule has 6 N–H and O–H groups in total. The number of aliphatic imine (C=N–C) groups is 3. The minimum Gasteiger partial charge on any atom is -0.442 e. The van der Waals surface area contributed by atoms with Crippen molar-refractivity contribution in [3.63, 3.8) is 0 Å². The van der Waals surface area contributed by atoms with E-state index in [1.807, 2.05) is 128 Å². The first kappa shape index (κ1) is 95.9. The minimum absolute atomic E-state index is 0.191. The van der Waals surface area contributed by atoms with Crippen molar-refractivity contribution in [1.82, 2.24) is 84.6 Å². The summed E-state index contributed by atoms with van der Waals surface area (Å²) in [5.41, 5.74) is 27.1. The number of halogens is 2. The molecule has 2 aromatic carbocycles. The van der Waals surface area contributed by atoms with Crippen LogP contribution in [0.5, 0.6) is 0 Å². The van der Waals surface area contributed by atoms with E-state index in [0.717, 1.165) is 191 Å². The third kappa shape index (κ3) is 19.8. The summed E-state index contributed by atoms with van der Waals surface area (Å²) >= 11 is 11.7. The summed E-state index contributed by atoms with van der Waals surface area (Å²) in [6.45, 7) is 40.3. The summed E-state index contributed by atoms with van der Waals surface area (Å²) in [5, 5.41) is 46.0. The van der Waals surface area contributed by atoms with Crippen molar-refractivity contribution >= 4 is 229 Å². The number of amidine groups is 2. The number of carbonyl (C=O) groups excluding carboxylic acids is 1. The molecular weight excluding hydrogens is 1890 g/mol. The van der Waals surface area contributed by atoms with Gasteiger partial charge in [0.15, 0.2) is 23.3 Å². The van der Waals surface area contributed by atoms with Crippen LogP contribution in [0.25, 0.3) is 102 Å². The first-order valence-electron chi connectivity index (χ1n) is 46.8. The number of hydrogen-bond donors (Lipinski definition) is 6. The molecule has 140 heavy (non-hydrogen) atoms. The SMILES string of the molecule is C#Cc1ccc(F)c(CNc2nn(C)c3c2sc2nc(C)cc(C)c23)c1.CC1=C(CNc2nn(C)c3c2sc2nc(C)cc(C)c23)CC=N1.Cc1cc(C)c2c(n1)sc1c(NCC3CC3)nn(C(=O)OC(C)(C)C)c12.Cc1cc(C)c2c(n1)sc1c(NCc3scnc3C)nn(C)c12.Cc1cc(C)c2c3c(sc2n1)C(NCC1CC1)=NC3.Cc1cc(C)c2c3c(sc2n1)C(NCc1ccccc1F)=NC3. The predicted molar refractivity (Wildman–Crippen MR) is 578 cm³/mol. The second-order valence-electron chi connectivity index (χ2n) is 37.7. The summed E-state index contributed by atoms with van der Waals surface area (Å²) in [6, 6.07) is 24.2. The van der Waals surface area contributed by atoms with Crippen LogP contribution in [-0.4, -0.2) is 123 Å². The fourth-order valence-corrected chi connectivity index (χ4v) is 26.6. The summed E-state index contributed by atoms with van der Waals surface area (Å²) in [7, 11) is 5.91. The molecule has 0 spiro atoms. The maximum absolute atomic E-state index is 14.1. The lowest BCUT2D eigenvalue weighted by molar-refractivity contribution is 0.0523. The van der Waals surface area contributed by atoms with Gasteiger partial charge in [0, 0.05) is 171 Å². The number of rotatable bonds is 16. The van der Waals surface area contributed by atoms with Crippen molar-refractivity contribution in [2.24, 2.45) is 48.0 Å². The number of aromatic nitrogens is 15. The Kier molecular flexibility index (Phi) is 26.9. The molecule has 3 aliphatic heterocycles. The number of thiazole rings is 1. The van der Waals surface area contributed by atoms with Crippen molar-refractivity contribution in [3.05, 3.63) is 223 Å². The summed E-state index contributed by atoms with van der Waals surface area (Å²) < 4.78 is 44.9. The van der Waals surface area contributed by atoms with E-state index in [2.05, 4.69) is 177 Å². The number of aryl methyl sites for hydroxylation is 16. The molecule has 0 amide bonds. The Morgan fingerprint density at radius 2 is 0.864 bits per heavy atom. The predicted octanol–water partition coefficient (Wildman–Crippen LogP) is 24.8. The van der Waals surface area contributed by atoms with E-state index < -0.39 is 11.7 Å². The molecule has 2 saturated carbocycles. The van der Waals surface area contributed by atoms with Crippen LogP contribution < -0.4 is 31.9 Å². The van der Waals surface area contributed by atoms with E-state index in [-0.39, 0.29) is 11.6 Å². The standard InChI is InChI=1S/C20H17FN4S.C19H24N4O2S.C18H16FN3S.C17H19N5S.C16H17N5S2.C15H17N3S/c1-5-13-6-7-15(21)14(9-13)10-22-19-18-17(25(4)24-19)16-11(2)8-12(3)23-20(16)26-18;1-10-8-11(2)21-17-13(10)14-15(26-17)16(20-9-12-6-7-12)22-23(14)18(24)25-19(3,4)5;1-10-7-11(2)22-18-15(10)13-9-21-17(16(13)23-18)20-8-12-5-3-4-6-14(12)19;1-9-7-10(2)20-17-13(9)14-15(23-17)16(21-22(14)4)19-8-12-5-6-18-11(12)3;1-8-5-9(2)19-16-12(8)13-14(23-16)15(20-21(13)4)17-6-11-10(3)18-7-22-11;1-8-5-9(2)18-15-12(8)11-7-17-14(13(11)19-15)16-6-10-3-4-10/h1,6-9H,10H2,2-4H3,(H,22,24);8,12H,6-7,9H2,1-5H3,(H,20,22);3-7H,8-9H2,1-2H3,(H,20,21);6-7H,5,8H2,1-4H3,(H,19,21);5,7H,6H2,1-4H3,(H,17,20);5,10H,3-4,6-7H2,1-2H3,(H,16,17). The molecular formula is C105H110F2N24O2S7. The maximum Gasteiger partial charge on any atom is 0.435 e. The molecule has 2 aliphatic carbocycles. The molecule has 0 unspecified atom stereocenters. The average Bonchev–Trinajstić information content (AvgIpc) is 1.57. The fourth-order valence-electron chi connectivity index (χ4n) is 18.2. The molecule has 0 saturated heterocycles. The number of allylic oxidation sites excluding steroid dienone is 1. The highest BCUT2D eigenvalue weighted by Gasteiger charge is 2.32. The lowest BCUT2D eigenvalue weighted by Crippen LogP contribution is -2.27. The average molecular weight is 2000 g/mol. The molecule has 19 aromatic rings. The van der Waals surface area contributed by atoms with Gasteiger partial charge in [0.05, 0.1) is 71.2 Å². The summed E-state index contributed by atoms with van der Waals surface area (Å²) in [6.07, 6.45) is 13.1. The Bertz CT molecular complexity index is 8340. The van der Waals surface area contributed by atoms with Crippen molar-refractivity contribution in [2.75, 3.05) is 40.9 Å². The van der Waals surface area contributed by atoms with Crippen LogP contribution in [0.4, 0.5) is 36.8 Å². The first-order chi connectivity index (χ1) is 67.1. The topological polar surface area (TPSA) is 297 Å². The number of thiophene rings is 6. The lowest BCUT2D eigenvalue weighted by Gasteiger charge is -2.19. The van der Waals surface area contributed by atoms with E-state index >= 15 is 0 Å². The van der Waals surface area contributed by atoms with Gasteiger partial charge in [-0.2, -0.15) is 20.0 Å². The van der Waals surface area contributed by atoms with Crippen molar-refractivity contribution in [1.29, 1.82) is 0 Å². The van der Waals surface area contributed by atoms with Gasteiger partial charge in [-0.3, -0.25) is 29.0 Å². The lowest BCUT2D eigenvalue weighted by atomic mass is 10.1. The smallest absolute Gasteiger partial charge is 0.435 e. The van der Waals surface area contributed by atoms with Crippen LogP contribution in [0, 0.1) is 126 Å². The number of nitrogens with zero attached hydrogens (tertiary/aromatic N) is 18. The van der Waals surface area contributed by atoms with Crippen LogP contribution >= 0.6 is 79.4 Å². The van der Waals surface area contributed by atoms with Crippen LogP contribution in [0.3, 0.4) is 0 Å². The van der Waals surface area contributed by atoms with Crippen LogP contribution in [0.15, 0.2) is 111 Å². The van der Waals surface area contributed by atoms with Gasteiger partial charge in [-0.05, 0) is 255 Å². The van der Waals surface area contributed by atoms with Gasteiger partial charge in [-0.1, -0.05) is 24.1 Å². The minimum atomic E-state index is -0.577. The molecule has 35 heteroatoms. The van der Waals surface area contributed by atoms with Gasteiger partial charge in [0.25, 0.3) is 0 Å². The maximum atomic E-state index is 14.1. The number of benzene rings is 2. The number of pyridine rings is 6. The highest BCUT2D eigenvalue weighted by molar-refractivity contribution is 7.27. The Hall–Kier alpha value is -13.0. The van der Waals surface area contributed by atoms with Gasteiger partial charge in [0.2, 0.25) is 0 Å². The molecule has 0 bridgehead atoms. The molecule has 26 nitrogen and oxygen atoms in total. The zero-order chi connectivity index (χ0) is 98.3. The van der Waals surface area contributed by atoms with Crippen molar-refractivity contribution < 1.29 is 18.3 Å². The largest absolute Gasteiger partial charge is 0.442 e. The number of nitrogens with one attached hydrogen (secondary N) is 6. The molecule has 0 radical (unpaired) electrons. The number of ether oxygens (including phenoxy) is 1. The monoisotopic (exact) mass is 2000 g/mol.